The first-order valence-electron chi connectivity index (χ1n) is 8.91. The molecular weight excluding hydrogens is 342 g/mol. The van der Waals surface area contributed by atoms with Gasteiger partial charge in [-0.15, -0.1) is 0 Å². The lowest BCUT2D eigenvalue weighted by atomic mass is 10.1. The first-order valence-corrected chi connectivity index (χ1v) is 8.91. The molecule has 0 saturated carbocycles. The van der Waals surface area contributed by atoms with E-state index in [0.717, 1.165) is 0 Å². The Labute approximate surface area is 153 Å². The smallest absolute Gasteiger partial charge is 0.326 e. The highest BCUT2D eigenvalue weighted by atomic mass is 16.4. The number of carboxylic acid groups (broad SMARTS) is 1. The van der Waals surface area contributed by atoms with Crippen LogP contribution in [0, 0.1) is 0 Å². The van der Waals surface area contributed by atoms with E-state index in [-0.39, 0.29) is 12.8 Å². The van der Waals surface area contributed by atoms with Crippen LogP contribution in [0.3, 0.4) is 0 Å². The summed E-state index contributed by atoms with van der Waals surface area (Å²) in [5, 5.41) is 23.6. The molecule has 10 nitrogen and oxygen atoms in total. The highest BCUT2D eigenvalue weighted by Crippen LogP contribution is 2.06. The van der Waals surface area contributed by atoms with Crippen LogP contribution < -0.4 is 27.8 Å². The molecule has 0 aliphatic carbocycles. The number of aliphatic carboxylic acids is 1. The van der Waals surface area contributed by atoms with Gasteiger partial charge >= 0.3 is 5.97 Å². The van der Waals surface area contributed by atoms with Crippen LogP contribution in [-0.2, 0) is 14.4 Å². The minimum absolute atomic E-state index is 0.245. The SMILES string of the molecule is C[C@@H](O)[C@H](N)C(=O)N[C@@H](CCCCN)C(=O)N[C@@H](CCCCN)C(=O)O. The van der Waals surface area contributed by atoms with E-state index in [1.807, 2.05) is 0 Å². The minimum atomic E-state index is -1.18. The molecule has 0 aromatic heterocycles. The van der Waals surface area contributed by atoms with Gasteiger partial charge in [0.25, 0.3) is 0 Å². The van der Waals surface area contributed by atoms with Gasteiger partial charge in [0.15, 0.2) is 0 Å². The van der Waals surface area contributed by atoms with Crippen LogP contribution in [0.2, 0.25) is 0 Å². The normalized spacial score (nSPS) is 15.6. The molecule has 2 amide bonds. The monoisotopic (exact) mass is 375 g/mol. The third kappa shape index (κ3) is 9.66. The molecule has 0 unspecified atom stereocenters. The number of hydrogen-bond acceptors (Lipinski definition) is 7. The van der Waals surface area contributed by atoms with Gasteiger partial charge in [-0.25, -0.2) is 4.79 Å². The second-order valence-corrected chi connectivity index (χ2v) is 6.30. The first kappa shape index (κ1) is 24.2. The first-order chi connectivity index (χ1) is 12.2. The quantitative estimate of drug-likeness (QED) is 0.169. The Bertz CT molecular complexity index is 447. The highest BCUT2D eigenvalue weighted by molar-refractivity contribution is 5.91. The van der Waals surface area contributed by atoms with Crippen molar-refractivity contribution >= 4 is 17.8 Å². The molecule has 4 atom stereocenters. The summed E-state index contributed by atoms with van der Waals surface area (Å²) in [5.41, 5.74) is 16.4. The van der Waals surface area contributed by atoms with Gasteiger partial charge in [-0.3, -0.25) is 9.59 Å². The van der Waals surface area contributed by atoms with Gasteiger partial charge in [0.05, 0.1) is 6.10 Å². The molecular formula is C16H33N5O5. The summed E-state index contributed by atoms with van der Waals surface area (Å²) < 4.78 is 0. The lowest BCUT2D eigenvalue weighted by Gasteiger charge is -2.23. The molecule has 0 heterocycles. The zero-order valence-corrected chi connectivity index (χ0v) is 15.3. The molecule has 152 valence electrons. The van der Waals surface area contributed by atoms with Gasteiger partial charge in [-0.2, -0.15) is 0 Å². The van der Waals surface area contributed by atoms with E-state index in [2.05, 4.69) is 10.6 Å². The average molecular weight is 375 g/mol. The molecule has 0 spiro atoms. The number of amides is 2. The predicted octanol–water partition coefficient (Wildman–Crippen LogP) is -1.99. The Morgan fingerprint density at radius 3 is 1.77 bits per heavy atom. The van der Waals surface area contributed by atoms with E-state index in [4.69, 9.17) is 17.2 Å². The van der Waals surface area contributed by atoms with Crippen LogP contribution >= 0.6 is 0 Å². The number of nitrogens with one attached hydrogen (secondary N) is 2. The second-order valence-electron chi connectivity index (χ2n) is 6.30. The lowest BCUT2D eigenvalue weighted by molar-refractivity contribution is -0.142. The Balaban J connectivity index is 4.94. The van der Waals surface area contributed by atoms with Crippen molar-refractivity contribution in [3.8, 4) is 0 Å². The number of aliphatic hydroxyl groups excluding tert-OH is 1. The maximum atomic E-state index is 12.5. The summed E-state index contributed by atoms with van der Waals surface area (Å²) in [6.07, 6.45) is 1.89. The second kappa shape index (κ2) is 13.5. The largest absolute Gasteiger partial charge is 0.480 e. The molecule has 26 heavy (non-hydrogen) atoms. The zero-order chi connectivity index (χ0) is 20.1. The van der Waals surface area contributed by atoms with E-state index in [1.54, 1.807) is 0 Å². The summed E-state index contributed by atoms with van der Waals surface area (Å²) >= 11 is 0. The van der Waals surface area contributed by atoms with Gasteiger partial charge in [-0.05, 0) is 58.5 Å². The van der Waals surface area contributed by atoms with E-state index in [1.165, 1.54) is 6.92 Å². The Kier molecular flexibility index (Phi) is 12.5. The molecule has 0 saturated heterocycles. The molecule has 0 aliphatic rings. The topological polar surface area (TPSA) is 194 Å². The van der Waals surface area contributed by atoms with Crippen molar-refractivity contribution in [2.24, 2.45) is 17.2 Å². The number of carbonyl (C=O) groups excluding carboxylic acids is 2. The third-order valence-corrected chi connectivity index (χ3v) is 3.96. The minimum Gasteiger partial charge on any atom is -0.480 e. The van der Waals surface area contributed by atoms with E-state index < -0.39 is 42.0 Å². The van der Waals surface area contributed by atoms with Crippen molar-refractivity contribution in [1.82, 2.24) is 10.6 Å². The van der Waals surface area contributed by atoms with Gasteiger partial charge in [0.1, 0.15) is 18.1 Å². The Morgan fingerprint density at radius 2 is 1.35 bits per heavy atom. The molecule has 10 N–H and O–H groups in total. The van der Waals surface area contributed by atoms with Crippen LogP contribution in [0.1, 0.15) is 45.4 Å². The van der Waals surface area contributed by atoms with Crippen molar-refractivity contribution in [3.05, 3.63) is 0 Å². The summed E-state index contributed by atoms with van der Waals surface area (Å²) in [4.78, 5) is 35.8. The van der Waals surface area contributed by atoms with Gasteiger partial charge in [0.2, 0.25) is 11.8 Å². The summed E-state index contributed by atoms with van der Waals surface area (Å²) in [5.74, 6) is -2.43. The summed E-state index contributed by atoms with van der Waals surface area (Å²) in [7, 11) is 0. The Morgan fingerprint density at radius 1 is 0.885 bits per heavy atom. The van der Waals surface area contributed by atoms with Crippen molar-refractivity contribution < 1.29 is 24.6 Å². The molecule has 10 heteroatoms. The number of carboxylic acids is 1. The van der Waals surface area contributed by atoms with Crippen molar-refractivity contribution in [2.75, 3.05) is 13.1 Å². The molecule has 0 fully saturated rings. The van der Waals surface area contributed by atoms with Crippen LogP contribution in [0.15, 0.2) is 0 Å². The molecule has 0 radical (unpaired) electrons. The summed E-state index contributed by atoms with van der Waals surface area (Å²) in [6.45, 7) is 2.24. The predicted molar refractivity (Wildman–Crippen MR) is 97.0 cm³/mol. The number of carbonyl (C=O) groups is 3. The van der Waals surface area contributed by atoms with Gasteiger partial charge < -0.3 is 38.0 Å². The van der Waals surface area contributed by atoms with Gasteiger partial charge in [-0.1, -0.05) is 0 Å². The molecule has 0 rings (SSSR count). The number of nitrogens with two attached hydrogens (primary N) is 3. The van der Waals surface area contributed by atoms with Gasteiger partial charge in [0, 0.05) is 0 Å². The zero-order valence-electron chi connectivity index (χ0n) is 15.3. The van der Waals surface area contributed by atoms with Crippen molar-refractivity contribution in [1.29, 1.82) is 0 Å². The standard InChI is InChI=1S/C16H33N5O5/c1-10(22)13(19)15(24)20-11(6-2-4-8-17)14(23)21-12(16(25)26)7-3-5-9-18/h10-13,22H,2-9,17-19H2,1H3,(H,20,24)(H,21,23)(H,25,26)/t10-,11+,12+,13+/m1/s1. The molecule has 0 bridgehead atoms. The molecule has 0 aromatic rings. The summed E-state index contributed by atoms with van der Waals surface area (Å²) in [6, 6.07) is -3.19. The highest BCUT2D eigenvalue weighted by Gasteiger charge is 2.28. The number of hydrogen-bond donors (Lipinski definition) is 7. The maximum absolute atomic E-state index is 12.5. The van der Waals surface area contributed by atoms with Crippen LogP contribution in [0.5, 0.6) is 0 Å². The Hall–Kier alpha value is -1.75. The van der Waals surface area contributed by atoms with E-state index in [9.17, 15) is 24.6 Å². The average Bonchev–Trinajstić information content (AvgIpc) is 2.58. The third-order valence-electron chi connectivity index (χ3n) is 3.96. The van der Waals surface area contributed by atoms with E-state index >= 15 is 0 Å². The lowest BCUT2D eigenvalue weighted by Crippen LogP contribution is -2.56. The van der Waals surface area contributed by atoms with Crippen LogP contribution in [-0.4, -0.2) is 65.3 Å². The fourth-order valence-electron chi connectivity index (χ4n) is 2.27. The van der Waals surface area contributed by atoms with E-state index in [0.29, 0.717) is 38.8 Å². The van der Waals surface area contributed by atoms with Crippen LogP contribution in [0.25, 0.3) is 0 Å². The van der Waals surface area contributed by atoms with Crippen molar-refractivity contribution in [3.63, 3.8) is 0 Å². The number of aliphatic hydroxyl groups is 1. The fraction of sp³-hybridized carbons (Fsp3) is 0.812. The van der Waals surface area contributed by atoms with Crippen LogP contribution in [0.4, 0.5) is 0 Å². The number of unbranched alkanes of at least 4 members (excludes halogenated alkanes) is 2. The van der Waals surface area contributed by atoms with Crippen molar-refractivity contribution in [2.45, 2.75) is 69.7 Å². The molecule has 0 aromatic carbocycles. The molecule has 0 aliphatic heterocycles. The number of rotatable bonds is 14. The maximum Gasteiger partial charge on any atom is 0.326 e. The fourth-order valence-corrected chi connectivity index (χ4v) is 2.27.